The topological polar surface area (TPSA) is 105 Å². The van der Waals surface area contributed by atoms with Crippen LogP contribution >= 0.6 is 0 Å². The maximum atomic E-state index is 11.3. The minimum Gasteiger partial charge on any atom is -0.462 e. The molecule has 0 amide bonds. The fourth-order valence-electron chi connectivity index (χ4n) is 2.14. The molecule has 0 aliphatic carbocycles. The van der Waals surface area contributed by atoms with Gasteiger partial charge in [0, 0.05) is 27.7 Å². The lowest BCUT2D eigenvalue weighted by Crippen LogP contribution is -2.19. The molecule has 1 aromatic carbocycles. The third-order valence-corrected chi connectivity index (χ3v) is 3.15. The lowest BCUT2D eigenvalue weighted by molar-refractivity contribution is -0.157. The molecule has 0 aliphatic rings. The number of carbonyl (C=O) groups excluding carboxylic acids is 4. The number of benzene rings is 1. The van der Waals surface area contributed by atoms with Crippen LogP contribution in [0.25, 0.3) is 0 Å². The predicted octanol–water partition coefficient (Wildman–Crippen LogP) is 2.02. The molecule has 0 aromatic heterocycles. The van der Waals surface area contributed by atoms with E-state index in [-0.39, 0.29) is 13.2 Å². The van der Waals surface area contributed by atoms with Crippen molar-refractivity contribution < 1.29 is 38.1 Å². The maximum Gasteiger partial charge on any atom is 0.303 e. The van der Waals surface area contributed by atoms with Crippen LogP contribution in [0.15, 0.2) is 24.3 Å². The lowest BCUT2D eigenvalue weighted by Gasteiger charge is -2.21. The summed E-state index contributed by atoms with van der Waals surface area (Å²) in [6.45, 7) is 4.68. The van der Waals surface area contributed by atoms with E-state index in [4.69, 9.17) is 18.9 Å². The van der Waals surface area contributed by atoms with Gasteiger partial charge in [-0.3, -0.25) is 19.2 Å². The van der Waals surface area contributed by atoms with Crippen molar-refractivity contribution in [3.63, 3.8) is 0 Å². The van der Waals surface area contributed by atoms with Crippen LogP contribution in [0.4, 0.5) is 0 Å². The quantitative estimate of drug-likeness (QED) is 0.508. The van der Waals surface area contributed by atoms with Gasteiger partial charge in [0.1, 0.15) is 13.2 Å². The Morgan fingerprint density at radius 3 is 1.42 bits per heavy atom. The van der Waals surface area contributed by atoms with Gasteiger partial charge >= 0.3 is 23.9 Å². The monoisotopic (exact) mass is 366 g/mol. The molecule has 0 bridgehead atoms. The minimum absolute atomic E-state index is 0.152. The van der Waals surface area contributed by atoms with Gasteiger partial charge in [-0.2, -0.15) is 0 Å². The van der Waals surface area contributed by atoms with E-state index in [9.17, 15) is 19.2 Å². The van der Waals surface area contributed by atoms with Crippen LogP contribution in [0.1, 0.15) is 51.0 Å². The zero-order valence-corrected chi connectivity index (χ0v) is 15.1. The van der Waals surface area contributed by atoms with Crippen molar-refractivity contribution in [2.45, 2.75) is 39.9 Å². The molecular weight excluding hydrogens is 344 g/mol. The van der Waals surface area contributed by atoms with Crippen molar-refractivity contribution in [2.24, 2.45) is 0 Å². The SMILES string of the molecule is CC(=O)OC[C@H](OC(C)=O)c1cccc([C@H](COC(C)=O)OC(C)=O)c1. The van der Waals surface area contributed by atoms with Gasteiger partial charge < -0.3 is 18.9 Å². The van der Waals surface area contributed by atoms with E-state index in [0.717, 1.165) is 0 Å². The number of rotatable bonds is 8. The second-order valence-corrected chi connectivity index (χ2v) is 5.47. The maximum absolute atomic E-state index is 11.3. The van der Waals surface area contributed by atoms with Crippen molar-refractivity contribution in [1.29, 1.82) is 0 Å². The largest absolute Gasteiger partial charge is 0.462 e. The molecule has 0 fully saturated rings. The second-order valence-electron chi connectivity index (χ2n) is 5.47. The van der Waals surface area contributed by atoms with Crippen LogP contribution in [0.2, 0.25) is 0 Å². The lowest BCUT2D eigenvalue weighted by atomic mass is 10.0. The van der Waals surface area contributed by atoms with Crippen molar-refractivity contribution in [3.8, 4) is 0 Å². The average Bonchev–Trinajstić information content (AvgIpc) is 2.54. The number of ether oxygens (including phenoxy) is 4. The molecule has 1 rings (SSSR count). The van der Waals surface area contributed by atoms with Crippen molar-refractivity contribution in [1.82, 2.24) is 0 Å². The zero-order chi connectivity index (χ0) is 19.7. The molecular formula is C18H22O8. The molecule has 0 saturated heterocycles. The first kappa shape index (κ1) is 21.1. The molecule has 0 spiro atoms. The normalized spacial score (nSPS) is 12.5. The van der Waals surface area contributed by atoms with E-state index in [0.29, 0.717) is 11.1 Å². The van der Waals surface area contributed by atoms with Crippen molar-refractivity contribution in [3.05, 3.63) is 35.4 Å². The summed E-state index contributed by atoms with van der Waals surface area (Å²) in [4.78, 5) is 44.7. The van der Waals surface area contributed by atoms with Gasteiger partial charge in [0.2, 0.25) is 0 Å². The molecule has 8 heteroatoms. The van der Waals surface area contributed by atoms with Crippen molar-refractivity contribution in [2.75, 3.05) is 13.2 Å². The van der Waals surface area contributed by atoms with Gasteiger partial charge in [0.05, 0.1) is 0 Å². The molecule has 0 aliphatic heterocycles. The van der Waals surface area contributed by atoms with E-state index < -0.39 is 36.1 Å². The van der Waals surface area contributed by atoms with Gasteiger partial charge in [-0.25, -0.2) is 0 Å². The predicted molar refractivity (Wildman–Crippen MR) is 88.7 cm³/mol. The average molecular weight is 366 g/mol. The zero-order valence-electron chi connectivity index (χ0n) is 15.1. The number of hydrogen-bond acceptors (Lipinski definition) is 8. The van der Waals surface area contributed by atoms with Crippen LogP contribution in [-0.2, 0) is 38.1 Å². The van der Waals surface area contributed by atoms with Gasteiger partial charge in [-0.05, 0) is 17.2 Å². The summed E-state index contributed by atoms with van der Waals surface area (Å²) in [6.07, 6.45) is -1.63. The molecule has 0 saturated carbocycles. The summed E-state index contributed by atoms with van der Waals surface area (Å²) < 4.78 is 20.2. The van der Waals surface area contributed by atoms with Crippen LogP contribution in [-0.4, -0.2) is 37.1 Å². The summed E-state index contributed by atoms with van der Waals surface area (Å²) in [5, 5.41) is 0. The Balaban J connectivity index is 3.08. The first-order chi connectivity index (χ1) is 12.2. The molecule has 1 aromatic rings. The van der Waals surface area contributed by atoms with Crippen LogP contribution in [0.3, 0.4) is 0 Å². The summed E-state index contributed by atoms with van der Waals surface area (Å²) in [6, 6.07) is 6.65. The van der Waals surface area contributed by atoms with Crippen LogP contribution in [0.5, 0.6) is 0 Å². The Kier molecular flexibility index (Phi) is 8.27. The van der Waals surface area contributed by atoms with E-state index in [1.165, 1.54) is 27.7 Å². The second kappa shape index (κ2) is 10.2. The Hall–Kier alpha value is -2.90. The summed E-state index contributed by atoms with van der Waals surface area (Å²) in [5.41, 5.74) is 1.08. The Labute approximate surface area is 151 Å². The van der Waals surface area contributed by atoms with Crippen molar-refractivity contribution >= 4 is 23.9 Å². The fraction of sp³-hybridized carbons (Fsp3) is 0.444. The summed E-state index contributed by atoms with van der Waals surface area (Å²) >= 11 is 0. The Morgan fingerprint density at radius 2 is 1.12 bits per heavy atom. The highest BCUT2D eigenvalue weighted by molar-refractivity contribution is 5.68. The molecule has 0 unspecified atom stereocenters. The summed E-state index contributed by atoms with van der Waals surface area (Å²) in [5.74, 6) is -2.09. The smallest absolute Gasteiger partial charge is 0.303 e. The minimum atomic E-state index is -0.817. The number of hydrogen-bond donors (Lipinski definition) is 0. The highest BCUT2D eigenvalue weighted by atomic mass is 16.6. The Bertz CT molecular complexity index is 614. The molecule has 26 heavy (non-hydrogen) atoms. The first-order valence-corrected chi connectivity index (χ1v) is 7.90. The van der Waals surface area contributed by atoms with E-state index in [1.807, 2.05) is 0 Å². The molecule has 8 nitrogen and oxygen atoms in total. The molecule has 0 N–H and O–H groups in total. The molecule has 142 valence electrons. The molecule has 0 radical (unpaired) electrons. The summed E-state index contributed by atoms with van der Waals surface area (Å²) in [7, 11) is 0. The number of carbonyl (C=O) groups is 4. The fourth-order valence-corrected chi connectivity index (χ4v) is 2.14. The standard InChI is InChI=1S/C18H22O8/c1-11(19)23-9-17(25-13(3)21)15-6-5-7-16(8-15)18(26-14(4)22)10-24-12(2)20/h5-8,17-18H,9-10H2,1-4H3/t17-,18-/m0/s1. The van der Waals surface area contributed by atoms with Gasteiger partial charge in [0.15, 0.2) is 12.2 Å². The molecule has 0 heterocycles. The highest BCUT2D eigenvalue weighted by Gasteiger charge is 2.21. The van der Waals surface area contributed by atoms with E-state index in [2.05, 4.69) is 0 Å². The highest BCUT2D eigenvalue weighted by Crippen LogP contribution is 2.25. The van der Waals surface area contributed by atoms with Crippen LogP contribution < -0.4 is 0 Å². The van der Waals surface area contributed by atoms with E-state index in [1.54, 1.807) is 24.3 Å². The van der Waals surface area contributed by atoms with Gasteiger partial charge in [-0.1, -0.05) is 18.2 Å². The third kappa shape index (κ3) is 7.78. The van der Waals surface area contributed by atoms with Gasteiger partial charge in [-0.15, -0.1) is 0 Å². The van der Waals surface area contributed by atoms with Gasteiger partial charge in [0.25, 0.3) is 0 Å². The Morgan fingerprint density at radius 1 is 0.731 bits per heavy atom. The third-order valence-electron chi connectivity index (χ3n) is 3.15. The first-order valence-electron chi connectivity index (χ1n) is 7.90. The molecule has 2 atom stereocenters. The number of esters is 4. The van der Waals surface area contributed by atoms with Crippen LogP contribution in [0, 0.1) is 0 Å². The van der Waals surface area contributed by atoms with E-state index >= 15 is 0 Å².